The molecular formula is C12H14O2. The van der Waals surface area contributed by atoms with Crippen molar-refractivity contribution in [1.82, 2.24) is 0 Å². The molecule has 0 aliphatic carbocycles. The molecule has 1 saturated heterocycles. The molecule has 2 nitrogen and oxygen atoms in total. The quantitative estimate of drug-likeness (QED) is 0.636. The predicted octanol–water partition coefficient (Wildman–Crippen LogP) is 2.70. The van der Waals surface area contributed by atoms with Crippen molar-refractivity contribution in [2.75, 3.05) is 0 Å². The van der Waals surface area contributed by atoms with E-state index in [2.05, 4.69) is 0 Å². The second kappa shape index (κ2) is 3.12. The van der Waals surface area contributed by atoms with Gasteiger partial charge in [0.25, 0.3) is 0 Å². The lowest BCUT2D eigenvalue weighted by molar-refractivity contribution is -0.147. The second-order valence-electron chi connectivity index (χ2n) is 4.39. The molecule has 1 heterocycles. The lowest BCUT2D eigenvalue weighted by Crippen LogP contribution is -2.16. The summed E-state index contributed by atoms with van der Waals surface area (Å²) in [6, 6.07) is 9.90. The summed E-state index contributed by atoms with van der Waals surface area (Å²) in [5, 5.41) is 0. The summed E-state index contributed by atoms with van der Waals surface area (Å²) in [4.78, 5) is 11.5. The molecule has 2 rings (SSSR count). The van der Waals surface area contributed by atoms with Gasteiger partial charge in [0, 0.05) is 6.42 Å². The van der Waals surface area contributed by atoms with Crippen LogP contribution >= 0.6 is 0 Å². The zero-order valence-corrected chi connectivity index (χ0v) is 8.49. The van der Waals surface area contributed by atoms with Crippen LogP contribution in [-0.4, -0.2) is 5.97 Å². The lowest BCUT2D eigenvalue weighted by Gasteiger charge is -2.10. The number of carbonyl (C=O) groups is 1. The Bertz CT molecular complexity index is 341. The molecule has 1 atom stereocenters. The number of benzene rings is 1. The third-order valence-electron chi connectivity index (χ3n) is 2.67. The van der Waals surface area contributed by atoms with Gasteiger partial charge in [0.2, 0.25) is 0 Å². The molecule has 0 radical (unpaired) electrons. The van der Waals surface area contributed by atoms with Crippen LogP contribution in [0.1, 0.15) is 31.9 Å². The van der Waals surface area contributed by atoms with Crippen molar-refractivity contribution in [3.63, 3.8) is 0 Å². The van der Waals surface area contributed by atoms with Gasteiger partial charge in [-0.1, -0.05) is 30.3 Å². The Labute approximate surface area is 83.9 Å². The van der Waals surface area contributed by atoms with E-state index in [1.165, 1.54) is 0 Å². The van der Waals surface area contributed by atoms with Gasteiger partial charge < -0.3 is 4.74 Å². The van der Waals surface area contributed by atoms with E-state index in [0.717, 1.165) is 12.0 Å². The molecular weight excluding hydrogens is 176 g/mol. The molecule has 14 heavy (non-hydrogen) atoms. The Morgan fingerprint density at radius 2 is 1.93 bits per heavy atom. The average molecular weight is 190 g/mol. The summed E-state index contributed by atoms with van der Waals surface area (Å²) in [7, 11) is 0. The van der Waals surface area contributed by atoms with Crippen molar-refractivity contribution in [3.05, 3.63) is 35.9 Å². The van der Waals surface area contributed by atoms with Gasteiger partial charge in [0.15, 0.2) is 0 Å². The lowest BCUT2D eigenvalue weighted by atomic mass is 9.88. The van der Waals surface area contributed by atoms with Crippen LogP contribution in [0.15, 0.2) is 30.3 Å². The molecule has 74 valence electrons. The molecule has 0 N–H and O–H groups in total. The van der Waals surface area contributed by atoms with Crippen LogP contribution in [0.4, 0.5) is 0 Å². The first-order valence-electron chi connectivity index (χ1n) is 4.86. The van der Waals surface area contributed by atoms with Gasteiger partial charge in [-0.25, -0.2) is 0 Å². The van der Waals surface area contributed by atoms with Crippen molar-refractivity contribution in [2.24, 2.45) is 5.41 Å². The normalized spacial score (nSPS) is 24.7. The Morgan fingerprint density at radius 1 is 1.29 bits per heavy atom. The van der Waals surface area contributed by atoms with Gasteiger partial charge in [-0.2, -0.15) is 0 Å². The maximum Gasteiger partial charge on any atom is 0.312 e. The van der Waals surface area contributed by atoms with Crippen LogP contribution in [0.3, 0.4) is 0 Å². The molecule has 0 bridgehead atoms. The summed E-state index contributed by atoms with van der Waals surface area (Å²) in [6.45, 7) is 3.86. The maximum atomic E-state index is 11.5. The topological polar surface area (TPSA) is 26.3 Å². The Morgan fingerprint density at radius 3 is 2.43 bits per heavy atom. The monoisotopic (exact) mass is 190 g/mol. The third kappa shape index (κ3) is 1.52. The van der Waals surface area contributed by atoms with Crippen molar-refractivity contribution in [1.29, 1.82) is 0 Å². The van der Waals surface area contributed by atoms with Crippen molar-refractivity contribution in [2.45, 2.75) is 26.4 Å². The van der Waals surface area contributed by atoms with Gasteiger partial charge in [-0.15, -0.1) is 0 Å². The van der Waals surface area contributed by atoms with E-state index in [9.17, 15) is 4.79 Å². The Hall–Kier alpha value is -1.31. The first-order chi connectivity index (χ1) is 6.59. The molecule has 0 unspecified atom stereocenters. The number of rotatable bonds is 1. The van der Waals surface area contributed by atoms with Gasteiger partial charge in [-0.05, 0) is 19.4 Å². The highest BCUT2D eigenvalue weighted by Gasteiger charge is 2.41. The fourth-order valence-electron chi connectivity index (χ4n) is 1.73. The maximum absolute atomic E-state index is 11.5. The second-order valence-corrected chi connectivity index (χ2v) is 4.39. The molecule has 0 amide bonds. The number of carbonyl (C=O) groups excluding carboxylic acids is 1. The van der Waals surface area contributed by atoms with Crippen LogP contribution in [0.2, 0.25) is 0 Å². The first-order valence-corrected chi connectivity index (χ1v) is 4.86. The summed E-state index contributed by atoms with van der Waals surface area (Å²) >= 11 is 0. The van der Waals surface area contributed by atoms with E-state index in [-0.39, 0.29) is 17.5 Å². The van der Waals surface area contributed by atoms with E-state index in [1.54, 1.807) is 0 Å². The fourth-order valence-corrected chi connectivity index (χ4v) is 1.73. The number of esters is 1. The van der Waals surface area contributed by atoms with Crippen LogP contribution in [0, 0.1) is 5.41 Å². The fraction of sp³-hybridized carbons (Fsp3) is 0.417. The predicted molar refractivity (Wildman–Crippen MR) is 53.7 cm³/mol. The molecule has 0 aromatic heterocycles. The van der Waals surface area contributed by atoms with Crippen molar-refractivity contribution < 1.29 is 9.53 Å². The first kappa shape index (κ1) is 9.25. The Kier molecular flexibility index (Phi) is 2.06. The minimum absolute atomic E-state index is 0.0568. The highest BCUT2D eigenvalue weighted by molar-refractivity contribution is 5.78. The highest BCUT2D eigenvalue weighted by atomic mass is 16.6. The van der Waals surface area contributed by atoms with Gasteiger partial charge in [-0.3, -0.25) is 4.79 Å². The SMILES string of the molecule is CC1(C)C[C@@H](c2ccccc2)OC1=O. The molecule has 1 fully saturated rings. The zero-order valence-electron chi connectivity index (χ0n) is 8.49. The van der Waals surface area contributed by atoms with Crippen molar-refractivity contribution >= 4 is 5.97 Å². The molecule has 2 heteroatoms. The average Bonchev–Trinajstić information content (AvgIpc) is 2.43. The van der Waals surface area contributed by atoms with E-state index in [0.29, 0.717) is 0 Å². The van der Waals surface area contributed by atoms with E-state index in [4.69, 9.17) is 4.74 Å². The van der Waals surface area contributed by atoms with Crippen LogP contribution in [-0.2, 0) is 9.53 Å². The van der Waals surface area contributed by atoms with Crippen molar-refractivity contribution in [3.8, 4) is 0 Å². The van der Waals surface area contributed by atoms with Gasteiger partial charge in [0.1, 0.15) is 6.10 Å². The molecule has 1 aromatic carbocycles. The standard InChI is InChI=1S/C12H14O2/c1-12(2)8-10(14-11(12)13)9-6-4-3-5-7-9/h3-7,10H,8H2,1-2H3/t10-/m0/s1. The van der Waals surface area contributed by atoms with Gasteiger partial charge in [0.05, 0.1) is 5.41 Å². The van der Waals surface area contributed by atoms with Crippen LogP contribution in [0.5, 0.6) is 0 Å². The number of hydrogen-bond donors (Lipinski definition) is 0. The summed E-state index contributed by atoms with van der Waals surface area (Å²) in [5.41, 5.74) is 0.756. The molecule has 1 aliphatic rings. The highest BCUT2D eigenvalue weighted by Crippen LogP contribution is 2.40. The molecule has 1 aliphatic heterocycles. The van der Waals surface area contributed by atoms with E-state index < -0.39 is 0 Å². The third-order valence-corrected chi connectivity index (χ3v) is 2.67. The minimum Gasteiger partial charge on any atom is -0.457 e. The largest absolute Gasteiger partial charge is 0.457 e. The summed E-state index contributed by atoms with van der Waals surface area (Å²) < 4.78 is 5.32. The zero-order chi connectivity index (χ0) is 10.2. The number of ether oxygens (including phenoxy) is 1. The smallest absolute Gasteiger partial charge is 0.312 e. The van der Waals surface area contributed by atoms with Gasteiger partial charge >= 0.3 is 5.97 Å². The summed E-state index contributed by atoms with van der Waals surface area (Å²) in [6.07, 6.45) is 0.717. The van der Waals surface area contributed by atoms with Crippen LogP contribution in [0.25, 0.3) is 0 Å². The number of cyclic esters (lactones) is 1. The van der Waals surface area contributed by atoms with E-state index in [1.807, 2.05) is 44.2 Å². The molecule has 1 aromatic rings. The number of hydrogen-bond acceptors (Lipinski definition) is 2. The summed E-state index contributed by atoms with van der Waals surface area (Å²) in [5.74, 6) is -0.0913. The Balaban J connectivity index is 2.21. The van der Waals surface area contributed by atoms with E-state index >= 15 is 0 Å². The minimum atomic E-state index is -0.333. The van der Waals surface area contributed by atoms with Crippen LogP contribution < -0.4 is 0 Å². The molecule has 0 saturated carbocycles. The molecule has 0 spiro atoms.